The van der Waals surface area contributed by atoms with Gasteiger partial charge in [-0.05, 0) is 43.6 Å². The number of carbonyl (C=O) groups excluding carboxylic acids is 1. The summed E-state index contributed by atoms with van der Waals surface area (Å²) in [6, 6.07) is 6.69. The van der Waals surface area contributed by atoms with E-state index in [0.29, 0.717) is 28.9 Å². The fourth-order valence-electron chi connectivity index (χ4n) is 4.02. The van der Waals surface area contributed by atoms with Gasteiger partial charge >= 0.3 is 5.97 Å². The maximum Gasteiger partial charge on any atom is 0.306 e. The number of benzene rings is 1. The van der Waals surface area contributed by atoms with E-state index >= 15 is 0 Å². The molecule has 4 rings (SSSR count). The van der Waals surface area contributed by atoms with E-state index in [0.717, 1.165) is 25.9 Å². The average molecular weight is 423 g/mol. The maximum atomic E-state index is 12.5. The Morgan fingerprint density at radius 3 is 2.65 bits per heavy atom. The molecule has 1 aromatic carbocycles. The summed E-state index contributed by atoms with van der Waals surface area (Å²) < 4.78 is 10.9. The van der Waals surface area contributed by atoms with E-state index in [-0.39, 0.29) is 12.2 Å². The molecule has 31 heavy (non-hydrogen) atoms. The van der Waals surface area contributed by atoms with E-state index in [1.807, 2.05) is 0 Å². The highest BCUT2D eigenvalue weighted by Gasteiger charge is 2.27. The molecule has 1 saturated heterocycles. The molecule has 0 saturated carbocycles. The highest BCUT2D eigenvalue weighted by Crippen LogP contribution is 2.34. The number of aromatic hydroxyl groups is 1. The van der Waals surface area contributed by atoms with E-state index in [1.54, 1.807) is 30.6 Å². The van der Waals surface area contributed by atoms with E-state index in [1.165, 1.54) is 19.6 Å². The molecular weight excluding hydrogens is 398 g/mol. The Hall–Kier alpha value is -3.26. The number of rotatable bonds is 6. The van der Waals surface area contributed by atoms with Crippen LogP contribution in [0.3, 0.4) is 0 Å². The van der Waals surface area contributed by atoms with Crippen molar-refractivity contribution >= 4 is 17.0 Å². The Balaban J connectivity index is 1.76. The zero-order valence-electron chi connectivity index (χ0n) is 17.4. The Morgan fingerprint density at radius 1 is 1.16 bits per heavy atom. The third-order valence-corrected chi connectivity index (χ3v) is 5.64. The van der Waals surface area contributed by atoms with E-state index in [4.69, 9.17) is 9.15 Å². The molecule has 3 aromatic rings. The summed E-state index contributed by atoms with van der Waals surface area (Å²) in [5.74, 6) is -1.14. The summed E-state index contributed by atoms with van der Waals surface area (Å²) >= 11 is 0. The van der Waals surface area contributed by atoms with Crippen LogP contribution in [0.2, 0.25) is 0 Å². The monoisotopic (exact) mass is 423 g/mol. The van der Waals surface area contributed by atoms with Crippen molar-refractivity contribution in [2.75, 3.05) is 20.2 Å². The van der Waals surface area contributed by atoms with Crippen LogP contribution < -0.4 is 5.43 Å². The molecular formula is C23H25N3O5. The second-order valence-electron chi connectivity index (χ2n) is 7.76. The van der Waals surface area contributed by atoms with E-state index in [2.05, 4.69) is 14.9 Å². The summed E-state index contributed by atoms with van der Waals surface area (Å²) in [7, 11) is 1.30. The van der Waals surface area contributed by atoms with Gasteiger partial charge < -0.3 is 14.3 Å². The van der Waals surface area contributed by atoms with Crippen molar-refractivity contribution in [2.24, 2.45) is 0 Å². The number of nitrogens with zero attached hydrogens (tertiary/aromatic N) is 3. The number of aromatic nitrogens is 2. The molecule has 0 unspecified atom stereocenters. The maximum absolute atomic E-state index is 12.5. The summed E-state index contributed by atoms with van der Waals surface area (Å²) in [6.07, 6.45) is 6.51. The van der Waals surface area contributed by atoms with Crippen LogP contribution in [0.15, 0.2) is 45.9 Å². The Kier molecular flexibility index (Phi) is 6.27. The van der Waals surface area contributed by atoms with Crippen molar-refractivity contribution in [3.05, 3.63) is 64.0 Å². The summed E-state index contributed by atoms with van der Waals surface area (Å²) in [5, 5.41) is 10.6. The molecule has 0 aliphatic carbocycles. The molecule has 1 aliphatic rings. The third-order valence-electron chi connectivity index (χ3n) is 5.64. The normalized spacial score (nSPS) is 15.6. The zero-order chi connectivity index (χ0) is 21.8. The lowest BCUT2D eigenvalue weighted by Crippen LogP contribution is -2.29. The highest BCUT2D eigenvalue weighted by atomic mass is 16.5. The lowest BCUT2D eigenvalue weighted by atomic mass is 9.91. The third kappa shape index (κ3) is 4.74. The molecule has 0 bridgehead atoms. The van der Waals surface area contributed by atoms with Gasteiger partial charge in [-0.15, -0.1) is 0 Å². The van der Waals surface area contributed by atoms with Crippen LogP contribution in [0, 0.1) is 0 Å². The first-order valence-corrected chi connectivity index (χ1v) is 10.4. The number of esters is 1. The quantitative estimate of drug-likeness (QED) is 0.603. The Bertz CT molecular complexity index is 1140. The topological polar surface area (TPSA) is 106 Å². The molecule has 0 radical (unpaired) electrons. The Labute approximate surface area is 179 Å². The zero-order valence-corrected chi connectivity index (χ0v) is 17.4. The van der Waals surface area contributed by atoms with Crippen LogP contribution in [0.1, 0.15) is 48.7 Å². The van der Waals surface area contributed by atoms with Gasteiger partial charge in [0.15, 0.2) is 5.76 Å². The average Bonchev–Trinajstić information content (AvgIpc) is 2.80. The predicted octanol–water partition coefficient (Wildman–Crippen LogP) is 2.97. The molecule has 1 aliphatic heterocycles. The van der Waals surface area contributed by atoms with Crippen LogP contribution in [0.4, 0.5) is 0 Å². The number of likely N-dealkylation sites (tertiary alicyclic amines) is 1. The molecule has 3 heterocycles. The molecule has 162 valence electrons. The van der Waals surface area contributed by atoms with E-state index < -0.39 is 23.1 Å². The minimum absolute atomic E-state index is 0.0631. The van der Waals surface area contributed by atoms with Crippen LogP contribution >= 0.6 is 0 Å². The van der Waals surface area contributed by atoms with Gasteiger partial charge in [0.1, 0.15) is 5.76 Å². The number of ether oxygens (including phenoxy) is 1. The van der Waals surface area contributed by atoms with Crippen LogP contribution in [-0.2, 0) is 16.1 Å². The number of carbonyl (C=O) groups is 1. The van der Waals surface area contributed by atoms with Gasteiger partial charge in [0, 0.05) is 18.5 Å². The minimum Gasteiger partial charge on any atom is -0.502 e. The molecule has 1 fully saturated rings. The summed E-state index contributed by atoms with van der Waals surface area (Å²) in [4.78, 5) is 35.5. The Morgan fingerprint density at radius 2 is 1.90 bits per heavy atom. The summed E-state index contributed by atoms with van der Waals surface area (Å²) in [5.41, 5.74) is 1.49. The van der Waals surface area contributed by atoms with Crippen molar-refractivity contribution < 1.29 is 19.1 Å². The molecule has 2 aromatic heterocycles. The number of hydrogen-bond donors (Lipinski definition) is 1. The van der Waals surface area contributed by atoms with Gasteiger partial charge in [-0.1, -0.05) is 12.5 Å². The number of methoxy groups -OCH3 is 1. The lowest BCUT2D eigenvalue weighted by molar-refractivity contribution is -0.140. The standard InChI is InChI=1S/C23H25N3O5/c1-30-21(28)13-17(15-5-6-18-19(11-15)25-8-7-24-18)23-22(29)20(27)12-16(31-23)14-26-9-3-2-4-10-26/h5-8,11-12,17,29H,2-4,9-10,13-14H2,1H3/t17-/m1/s1. The first kappa shape index (κ1) is 21.0. The molecule has 1 atom stereocenters. The number of piperidine rings is 1. The first-order valence-electron chi connectivity index (χ1n) is 10.4. The fourth-order valence-corrected chi connectivity index (χ4v) is 4.02. The molecule has 0 amide bonds. The van der Waals surface area contributed by atoms with Crippen molar-refractivity contribution in [1.29, 1.82) is 0 Å². The lowest BCUT2D eigenvalue weighted by Gasteiger charge is -2.26. The van der Waals surface area contributed by atoms with Crippen molar-refractivity contribution in [1.82, 2.24) is 14.9 Å². The van der Waals surface area contributed by atoms with Gasteiger partial charge in [-0.2, -0.15) is 0 Å². The van der Waals surface area contributed by atoms with Gasteiger partial charge in [0.25, 0.3) is 0 Å². The molecule has 8 heteroatoms. The SMILES string of the molecule is COC(=O)C[C@H](c1ccc2nccnc2c1)c1oc(CN2CCCCC2)cc(=O)c1O. The largest absolute Gasteiger partial charge is 0.502 e. The van der Waals surface area contributed by atoms with Crippen molar-refractivity contribution in [3.8, 4) is 5.75 Å². The minimum atomic E-state index is -0.701. The molecule has 0 spiro atoms. The second kappa shape index (κ2) is 9.26. The predicted molar refractivity (Wildman–Crippen MR) is 114 cm³/mol. The smallest absolute Gasteiger partial charge is 0.306 e. The molecule has 1 N–H and O–H groups in total. The van der Waals surface area contributed by atoms with Crippen LogP contribution in [-0.4, -0.2) is 46.1 Å². The fraction of sp³-hybridized carbons (Fsp3) is 0.391. The van der Waals surface area contributed by atoms with Gasteiger partial charge in [-0.3, -0.25) is 24.5 Å². The second-order valence-corrected chi connectivity index (χ2v) is 7.76. The summed E-state index contributed by atoms with van der Waals surface area (Å²) in [6.45, 7) is 2.36. The van der Waals surface area contributed by atoms with E-state index in [9.17, 15) is 14.7 Å². The van der Waals surface area contributed by atoms with Gasteiger partial charge in [0.05, 0.1) is 37.0 Å². The van der Waals surface area contributed by atoms with Crippen molar-refractivity contribution in [2.45, 2.75) is 38.1 Å². The first-order chi connectivity index (χ1) is 15.0. The van der Waals surface area contributed by atoms with Gasteiger partial charge in [0.2, 0.25) is 11.2 Å². The molecule has 8 nitrogen and oxygen atoms in total. The van der Waals surface area contributed by atoms with Crippen molar-refractivity contribution in [3.63, 3.8) is 0 Å². The highest BCUT2D eigenvalue weighted by molar-refractivity contribution is 5.76. The van der Waals surface area contributed by atoms with Crippen LogP contribution in [0.25, 0.3) is 11.0 Å². The van der Waals surface area contributed by atoms with Crippen LogP contribution in [0.5, 0.6) is 5.75 Å². The number of hydrogen-bond acceptors (Lipinski definition) is 8. The van der Waals surface area contributed by atoms with Gasteiger partial charge in [-0.25, -0.2) is 0 Å². The number of fused-ring (bicyclic) bond motifs is 1.